The number of halogens is 3. The number of rotatable bonds is 5. The van der Waals surface area contributed by atoms with E-state index in [-0.39, 0.29) is 12.8 Å². The first-order chi connectivity index (χ1) is 9.05. The van der Waals surface area contributed by atoms with Crippen LogP contribution in [0.1, 0.15) is 19.3 Å². The Hall–Kier alpha value is -0.330. The lowest BCUT2D eigenvalue weighted by Crippen LogP contribution is -2.42. The third-order valence-electron chi connectivity index (χ3n) is 4.11. The van der Waals surface area contributed by atoms with Crippen LogP contribution in [-0.2, 0) is 4.74 Å². The molecule has 0 aliphatic carbocycles. The largest absolute Gasteiger partial charge is 0.391 e. The maximum Gasteiger partial charge on any atom is 0.391 e. The molecular formula is C13H23F3N2O. The molecule has 0 radical (unpaired) electrons. The fourth-order valence-corrected chi connectivity index (χ4v) is 2.77. The lowest BCUT2D eigenvalue weighted by molar-refractivity contribution is -0.184. The third kappa shape index (κ3) is 4.93. The van der Waals surface area contributed by atoms with Gasteiger partial charge in [-0.05, 0) is 38.3 Å². The van der Waals surface area contributed by atoms with E-state index in [1.54, 1.807) is 0 Å². The van der Waals surface area contributed by atoms with Crippen molar-refractivity contribution in [1.82, 2.24) is 10.2 Å². The fourth-order valence-electron chi connectivity index (χ4n) is 2.77. The summed E-state index contributed by atoms with van der Waals surface area (Å²) in [5.74, 6) is -0.483. The van der Waals surface area contributed by atoms with Gasteiger partial charge in [0.25, 0.3) is 0 Å². The third-order valence-corrected chi connectivity index (χ3v) is 4.11. The van der Waals surface area contributed by atoms with Crippen LogP contribution in [0.5, 0.6) is 0 Å². The molecule has 0 amide bonds. The summed E-state index contributed by atoms with van der Waals surface area (Å²) in [7, 11) is 0. The summed E-state index contributed by atoms with van der Waals surface area (Å²) in [6.07, 6.45) is -2.39. The van der Waals surface area contributed by atoms with Gasteiger partial charge < -0.3 is 15.0 Å². The van der Waals surface area contributed by atoms with Gasteiger partial charge in [0.1, 0.15) is 0 Å². The molecule has 1 atom stereocenters. The van der Waals surface area contributed by atoms with E-state index < -0.39 is 12.1 Å². The smallest absolute Gasteiger partial charge is 0.381 e. The second kappa shape index (κ2) is 6.90. The highest BCUT2D eigenvalue weighted by Crippen LogP contribution is 2.33. The van der Waals surface area contributed by atoms with Gasteiger partial charge in [-0.1, -0.05) is 0 Å². The van der Waals surface area contributed by atoms with Gasteiger partial charge in [-0.3, -0.25) is 0 Å². The molecule has 0 spiro atoms. The maximum atomic E-state index is 12.5. The van der Waals surface area contributed by atoms with E-state index >= 15 is 0 Å². The Morgan fingerprint density at radius 2 is 1.89 bits per heavy atom. The lowest BCUT2D eigenvalue weighted by atomic mass is 9.96. The van der Waals surface area contributed by atoms with Crippen molar-refractivity contribution in [2.24, 2.45) is 11.8 Å². The van der Waals surface area contributed by atoms with Gasteiger partial charge in [0.15, 0.2) is 0 Å². The lowest BCUT2D eigenvalue weighted by Gasteiger charge is -2.32. The molecule has 1 N–H and O–H groups in total. The normalized spacial score (nSPS) is 27.0. The molecule has 2 rings (SSSR count). The first-order valence-corrected chi connectivity index (χ1v) is 7.13. The predicted molar refractivity (Wildman–Crippen MR) is 67.0 cm³/mol. The highest BCUT2D eigenvalue weighted by Gasteiger charge is 2.40. The van der Waals surface area contributed by atoms with E-state index in [1.165, 1.54) is 0 Å². The number of piperidine rings is 1. The molecule has 112 valence electrons. The summed E-state index contributed by atoms with van der Waals surface area (Å²) in [5.41, 5.74) is 0. The molecule has 0 saturated carbocycles. The van der Waals surface area contributed by atoms with E-state index in [0.29, 0.717) is 19.0 Å². The SMILES string of the molecule is FC(F)(F)C1CCN(CCNCC2CCOC2)CC1. The van der Waals surface area contributed by atoms with Gasteiger partial charge in [-0.2, -0.15) is 13.2 Å². The standard InChI is InChI=1S/C13H23F3N2O/c14-13(15,16)12-1-5-18(6-2-12)7-4-17-9-11-3-8-19-10-11/h11-12,17H,1-10H2. The summed E-state index contributed by atoms with van der Waals surface area (Å²) in [6.45, 7) is 5.49. The Labute approximate surface area is 112 Å². The first kappa shape index (κ1) is 15.1. The number of ether oxygens (including phenoxy) is 1. The van der Waals surface area contributed by atoms with Crippen LogP contribution in [-0.4, -0.2) is 57.0 Å². The molecule has 19 heavy (non-hydrogen) atoms. The van der Waals surface area contributed by atoms with E-state index in [0.717, 1.165) is 39.3 Å². The maximum absolute atomic E-state index is 12.5. The molecule has 3 nitrogen and oxygen atoms in total. The van der Waals surface area contributed by atoms with Crippen LogP contribution < -0.4 is 5.32 Å². The van der Waals surface area contributed by atoms with Gasteiger partial charge in [0, 0.05) is 26.2 Å². The zero-order valence-corrected chi connectivity index (χ0v) is 11.2. The van der Waals surface area contributed by atoms with Crippen LogP contribution in [0.2, 0.25) is 0 Å². The van der Waals surface area contributed by atoms with Crippen molar-refractivity contribution in [3.8, 4) is 0 Å². The Bertz CT molecular complexity index is 259. The number of nitrogens with zero attached hydrogens (tertiary/aromatic N) is 1. The quantitative estimate of drug-likeness (QED) is 0.778. The van der Waals surface area contributed by atoms with Crippen molar-refractivity contribution >= 4 is 0 Å². The molecule has 2 saturated heterocycles. The van der Waals surface area contributed by atoms with E-state index in [9.17, 15) is 13.2 Å². The number of likely N-dealkylation sites (tertiary alicyclic amines) is 1. The minimum absolute atomic E-state index is 0.250. The molecule has 0 aromatic heterocycles. The zero-order chi connectivity index (χ0) is 13.7. The monoisotopic (exact) mass is 280 g/mol. The molecule has 2 aliphatic rings. The van der Waals surface area contributed by atoms with E-state index in [1.807, 2.05) is 0 Å². The van der Waals surface area contributed by atoms with Crippen molar-refractivity contribution in [3.05, 3.63) is 0 Å². The Morgan fingerprint density at radius 3 is 2.47 bits per heavy atom. The van der Waals surface area contributed by atoms with Crippen molar-refractivity contribution in [2.75, 3.05) is 45.9 Å². The minimum atomic E-state index is -4.01. The average molecular weight is 280 g/mol. The second-order valence-corrected chi connectivity index (χ2v) is 5.59. The van der Waals surface area contributed by atoms with Gasteiger partial charge >= 0.3 is 6.18 Å². The van der Waals surface area contributed by atoms with Crippen molar-refractivity contribution < 1.29 is 17.9 Å². The number of hydrogen-bond donors (Lipinski definition) is 1. The van der Waals surface area contributed by atoms with Crippen LogP contribution in [0.25, 0.3) is 0 Å². The second-order valence-electron chi connectivity index (χ2n) is 5.59. The molecule has 0 aromatic carbocycles. The molecule has 2 fully saturated rings. The molecule has 2 heterocycles. The molecule has 0 bridgehead atoms. The first-order valence-electron chi connectivity index (χ1n) is 7.13. The summed E-state index contributed by atoms with van der Waals surface area (Å²) < 4.78 is 42.8. The van der Waals surface area contributed by atoms with Crippen molar-refractivity contribution in [3.63, 3.8) is 0 Å². The Balaban J connectivity index is 1.53. The topological polar surface area (TPSA) is 24.5 Å². The van der Waals surface area contributed by atoms with Gasteiger partial charge in [-0.25, -0.2) is 0 Å². The van der Waals surface area contributed by atoms with Crippen LogP contribution in [0.15, 0.2) is 0 Å². The highest BCUT2D eigenvalue weighted by atomic mass is 19.4. The summed E-state index contributed by atoms with van der Waals surface area (Å²) >= 11 is 0. The molecular weight excluding hydrogens is 257 g/mol. The van der Waals surface area contributed by atoms with Gasteiger partial charge in [0.2, 0.25) is 0 Å². The van der Waals surface area contributed by atoms with Crippen LogP contribution >= 0.6 is 0 Å². The molecule has 1 unspecified atom stereocenters. The molecule has 6 heteroatoms. The number of alkyl halides is 3. The van der Waals surface area contributed by atoms with Crippen molar-refractivity contribution in [1.29, 1.82) is 0 Å². The molecule has 2 aliphatic heterocycles. The zero-order valence-electron chi connectivity index (χ0n) is 11.2. The highest BCUT2D eigenvalue weighted by molar-refractivity contribution is 4.77. The van der Waals surface area contributed by atoms with Gasteiger partial charge in [0.05, 0.1) is 12.5 Å². The summed E-state index contributed by atoms with van der Waals surface area (Å²) in [5, 5.41) is 3.37. The number of nitrogens with one attached hydrogen (secondary N) is 1. The van der Waals surface area contributed by atoms with Crippen LogP contribution in [0.4, 0.5) is 13.2 Å². The average Bonchev–Trinajstić information content (AvgIpc) is 2.87. The van der Waals surface area contributed by atoms with Crippen LogP contribution in [0, 0.1) is 11.8 Å². The Morgan fingerprint density at radius 1 is 1.16 bits per heavy atom. The minimum Gasteiger partial charge on any atom is -0.381 e. The van der Waals surface area contributed by atoms with Gasteiger partial charge in [-0.15, -0.1) is 0 Å². The van der Waals surface area contributed by atoms with E-state index in [2.05, 4.69) is 10.2 Å². The summed E-state index contributed by atoms with van der Waals surface area (Å²) in [4.78, 5) is 2.13. The summed E-state index contributed by atoms with van der Waals surface area (Å²) in [6, 6.07) is 0. The predicted octanol–water partition coefficient (Wildman–Crippen LogP) is 1.89. The van der Waals surface area contributed by atoms with E-state index in [4.69, 9.17) is 4.74 Å². The van der Waals surface area contributed by atoms with Crippen molar-refractivity contribution in [2.45, 2.75) is 25.4 Å². The molecule has 0 aromatic rings. The van der Waals surface area contributed by atoms with Crippen LogP contribution in [0.3, 0.4) is 0 Å². The fraction of sp³-hybridized carbons (Fsp3) is 1.00. The number of hydrogen-bond acceptors (Lipinski definition) is 3. The Kier molecular flexibility index (Phi) is 5.47.